The number of halogens is 1. The van der Waals surface area contributed by atoms with Gasteiger partial charge < -0.3 is 10.1 Å². The first-order chi connectivity index (χ1) is 6.95. The fraction of sp³-hybridized carbons (Fsp3) is 1.00. The Hall–Kier alpha value is 0.210. The van der Waals surface area contributed by atoms with Crippen molar-refractivity contribution in [3.8, 4) is 0 Å². The van der Waals surface area contributed by atoms with Crippen molar-refractivity contribution >= 4 is 12.4 Å². The third kappa shape index (κ3) is 4.71. The molecule has 90 valence electrons. The monoisotopic (exact) mass is 233 g/mol. The summed E-state index contributed by atoms with van der Waals surface area (Å²) in [6, 6.07) is 0. The molecule has 2 rings (SSSR count). The minimum Gasteiger partial charge on any atom is -0.381 e. The third-order valence-electron chi connectivity index (χ3n) is 3.70. The van der Waals surface area contributed by atoms with Crippen LogP contribution in [0, 0.1) is 11.8 Å². The second-order valence-electron chi connectivity index (χ2n) is 4.84. The average Bonchev–Trinajstić information content (AvgIpc) is 2.48. The van der Waals surface area contributed by atoms with Crippen molar-refractivity contribution in [2.24, 2.45) is 11.8 Å². The fourth-order valence-corrected chi connectivity index (χ4v) is 2.78. The molecule has 0 bridgehead atoms. The summed E-state index contributed by atoms with van der Waals surface area (Å²) in [5.41, 5.74) is 0. The molecular weight excluding hydrogens is 210 g/mol. The Bertz CT molecular complexity index is 152. The maximum Gasteiger partial charge on any atom is 0.0468 e. The van der Waals surface area contributed by atoms with Crippen molar-refractivity contribution in [3.63, 3.8) is 0 Å². The van der Waals surface area contributed by atoms with E-state index in [9.17, 15) is 0 Å². The highest BCUT2D eigenvalue weighted by Crippen LogP contribution is 2.27. The van der Waals surface area contributed by atoms with Gasteiger partial charge in [-0.3, -0.25) is 0 Å². The van der Waals surface area contributed by atoms with Gasteiger partial charge in [0.25, 0.3) is 0 Å². The summed E-state index contributed by atoms with van der Waals surface area (Å²) in [4.78, 5) is 0. The van der Waals surface area contributed by atoms with Crippen molar-refractivity contribution in [1.29, 1.82) is 0 Å². The van der Waals surface area contributed by atoms with Crippen LogP contribution >= 0.6 is 12.4 Å². The summed E-state index contributed by atoms with van der Waals surface area (Å²) < 4.78 is 5.40. The molecule has 2 aliphatic heterocycles. The Morgan fingerprint density at radius 1 is 0.933 bits per heavy atom. The number of hydrogen-bond donors (Lipinski definition) is 1. The van der Waals surface area contributed by atoms with E-state index in [-0.39, 0.29) is 12.4 Å². The van der Waals surface area contributed by atoms with Crippen LogP contribution in [0.1, 0.15) is 38.5 Å². The van der Waals surface area contributed by atoms with Crippen molar-refractivity contribution in [3.05, 3.63) is 0 Å². The number of nitrogens with one attached hydrogen (secondary N) is 1. The SMILES string of the molecule is C1CNCCC(CC2CCOCC2)C1.Cl. The van der Waals surface area contributed by atoms with Crippen LogP contribution in [0.4, 0.5) is 0 Å². The van der Waals surface area contributed by atoms with E-state index < -0.39 is 0 Å². The molecule has 0 amide bonds. The smallest absolute Gasteiger partial charge is 0.0468 e. The first-order valence-corrected chi connectivity index (χ1v) is 6.23. The molecule has 0 aromatic carbocycles. The second kappa shape index (κ2) is 7.48. The second-order valence-corrected chi connectivity index (χ2v) is 4.84. The summed E-state index contributed by atoms with van der Waals surface area (Å²) in [5, 5.41) is 3.49. The van der Waals surface area contributed by atoms with Gasteiger partial charge in [-0.05, 0) is 63.5 Å². The van der Waals surface area contributed by atoms with Gasteiger partial charge in [-0.1, -0.05) is 0 Å². The summed E-state index contributed by atoms with van der Waals surface area (Å²) >= 11 is 0. The zero-order valence-corrected chi connectivity index (χ0v) is 10.4. The van der Waals surface area contributed by atoms with Crippen molar-refractivity contribution < 1.29 is 4.74 Å². The van der Waals surface area contributed by atoms with Gasteiger partial charge in [-0.25, -0.2) is 0 Å². The van der Waals surface area contributed by atoms with E-state index in [1.807, 2.05) is 0 Å². The Morgan fingerprint density at radius 2 is 1.67 bits per heavy atom. The standard InChI is InChI=1S/C12H23NO.ClH/c1-2-11(3-7-13-6-1)10-12-4-8-14-9-5-12;/h11-13H,1-10H2;1H. The van der Waals surface area contributed by atoms with Gasteiger partial charge in [0.15, 0.2) is 0 Å². The molecule has 0 aliphatic carbocycles. The molecule has 1 N–H and O–H groups in total. The summed E-state index contributed by atoms with van der Waals surface area (Å²) in [5.74, 6) is 1.96. The minimum atomic E-state index is 0. The molecule has 2 heterocycles. The van der Waals surface area contributed by atoms with Crippen LogP contribution in [0.5, 0.6) is 0 Å². The largest absolute Gasteiger partial charge is 0.381 e. The van der Waals surface area contributed by atoms with E-state index in [1.54, 1.807) is 0 Å². The Balaban J connectivity index is 0.00000112. The van der Waals surface area contributed by atoms with Gasteiger partial charge in [0.05, 0.1) is 0 Å². The molecule has 1 atom stereocenters. The molecule has 0 aromatic heterocycles. The molecule has 2 fully saturated rings. The van der Waals surface area contributed by atoms with Crippen LogP contribution < -0.4 is 5.32 Å². The molecule has 2 aliphatic rings. The van der Waals surface area contributed by atoms with Crippen LogP contribution in [0.15, 0.2) is 0 Å². The molecule has 0 spiro atoms. The Morgan fingerprint density at radius 3 is 2.47 bits per heavy atom. The molecule has 0 saturated carbocycles. The zero-order chi connectivity index (χ0) is 9.64. The predicted molar refractivity (Wildman–Crippen MR) is 65.6 cm³/mol. The highest BCUT2D eigenvalue weighted by atomic mass is 35.5. The first kappa shape index (κ1) is 13.3. The summed E-state index contributed by atoms with van der Waals surface area (Å²) in [6.45, 7) is 4.50. The Labute approximate surface area is 99.6 Å². The zero-order valence-electron chi connectivity index (χ0n) is 9.54. The van der Waals surface area contributed by atoms with Crippen LogP contribution in [0.3, 0.4) is 0 Å². The minimum absolute atomic E-state index is 0. The van der Waals surface area contributed by atoms with Gasteiger partial charge >= 0.3 is 0 Å². The van der Waals surface area contributed by atoms with E-state index >= 15 is 0 Å². The quantitative estimate of drug-likeness (QED) is 0.792. The molecule has 3 heteroatoms. The molecule has 15 heavy (non-hydrogen) atoms. The first-order valence-electron chi connectivity index (χ1n) is 6.23. The Kier molecular flexibility index (Phi) is 6.62. The van der Waals surface area contributed by atoms with Gasteiger partial charge in [0.1, 0.15) is 0 Å². The molecular formula is C12H24ClNO. The van der Waals surface area contributed by atoms with Crippen LogP contribution in [-0.2, 0) is 4.74 Å². The van der Waals surface area contributed by atoms with Crippen molar-refractivity contribution in [2.75, 3.05) is 26.3 Å². The fourth-order valence-electron chi connectivity index (χ4n) is 2.78. The summed E-state index contributed by atoms with van der Waals surface area (Å²) in [7, 11) is 0. The van der Waals surface area contributed by atoms with Crippen molar-refractivity contribution in [2.45, 2.75) is 38.5 Å². The maximum atomic E-state index is 5.40. The van der Waals surface area contributed by atoms with Gasteiger partial charge in [0, 0.05) is 13.2 Å². The van der Waals surface area contributed by atoms with Crippen molar-refractivity contribution in [1.82, 2.24) is 5.32 Å². The molecule has 0 aromatic rings. The molecule has 1 unspecified atom stereocenters. The lowest BCUT2D eigenvalue weighted by Crippen LogP contribution is -2.19. The lowest BCUT2D eigenvalue weighted by atomic mass is 9.85. The maximum absolute atomic E-state index is 5.40. The number of ether oxygens (including phenoxy) is 1. The molecule has 2 saturated heterocycles. The lowest BCUT2D eigenvalue weighted by molar-refractivity contribution is 0.0578. The highest BCUT2D eigenvalue weighted by molar-refractivity contribution is 5.85. The van der Waals surface area contributed by atoms with Gasteiger partial charge in [-0.15, -0.1) is 12.4 Å². The normalized spacial score (nSPS) is 29.2. The van der Waals surface area contributed by atoms with E-state index in [0.29, 0.717) is 0 Å². The van der Waals surface area contributed by atoms with Gasteiger partial charge in [-0.2, -0.15) is 0 Å². The summed E-state index contributed by atoms with van der Waals surface area (Å²) in [6.07, 6.45) is 8.31. The third-order valence-corrected chi connectivity index (χ3v) is 3.70. The van der Waals surface area contributed by atoms with Crippen LogP contribution in [0.25, 0.3) is 0 Å². The van der Waals surface area contributed by atoms with Crippen LogP contribution in [0.2, 0.25) is 0 Å². The number of hydrogen-bond acceptors (Lipinski definition) is 2. The topological polar surface area (TPSA) is 21.3 Å². The van der Waals surface area contributed by atoms with Gasteiger partial charge in [0.2, 0.25) is 0 Å². The number of rotatable bonds is 2. The van der Waals surface area contributed by atoms with E-state index in [0.717, 1.165) is 25.0 Å². The highest BCUT2D eigenvalue weighted by Gasteiger charge is 2.19. The van der Waals surface area contributed by atoms with E-state index in [4.69, 9.17) is 4.74 Å². The lowest BCUT2D eigenvalue weighted by Gasteiger charge is -2.25. The average molecular weight is 234 g/mol. The van der Waals surface area contributed by atoms with Crippen LogP contribution in [-0.4, -0.2) is 26.3 Å². The molecule has 0 radical (unpaired) electrons. The predicted octanol–water partition coefficient (Wildman–Crippen LogP) is 2.61. The van der Waals surface area contributed by atoms with E-state index in [1.165, 1.54) is 51.6 Å². The molecule has 2 nitrogen and oxygen atoms in total. The van der Waals surface area contributed by atoms with E-state index in [2.05, 4.69) is 5.32 Å².